The molecule has 5 nitrogen and oxygen atoms in total. The molecule has 1 saturated carbocycles. The second-order valence-corrected chi connectivity index (χ2v) is 5.79. The summed E-state index contributed by atoms with van der Waals surface area (Å²) >= 11 is 0. The zero-order valence-corrected chi connectivity index (χ0v) is 11.8. The maximum atomic E-state index is 8.69. The molecule has 0 aliphatic heterocycles. The van der Waals surface area contributed by atoms with Gasteiger partial charge in [-0.2, -0.15) is 0 Å². The number of oxime groups is 1. The fourth-order valence-electron chi connectivity index (χ4n) is 2.44. The van der Waals surface area contributed by atoms with E-state index in [1.165, 1.54) is 6.42 Å². The highest BCUT2D eigenvalue weighted by molar-refractivity contribution is 5.85. The first kappa shape index (κ1) is 15.2. The van der Waals surface area contributed by atoms with Crippen LogP contribution in [0.5, 0.6) is 0 Å². The van der Waals surface area contributed by atoms with Gasteiger partial charge in [-0.25, -0.2) is 0 Å². The molecule has 1 aliphatic carbocycles. The molecule has 18 heavy (non-hydrogen) atoms. The minimum absolute atomic E-state index is 0.235. The number of amidine groups is 1. The summed E-state index contributed by atoms with van der Waals surface area (Å²) in [6.07, 6.45) is 5.83. The summed E-state index contributed by atoms with van der Waals surface area (Å²) in [5.41, 5.74) is 5.42. The molecule has 0 spiro atoms. The largest absolute Gasteiger partial charge is 0.409 e. The molecule has 1 aliphatic rings. The predicted octanol–water partition coefficient (Wildman–Crippen LogP) is 1.70. The first-order chi connectivity index (χ1) is 8.49. The number of hydrogen-bond donors (Lipinski definition) is 3. The summed E-state index contributed by atoms with van der Waals surface area (Å²) in [7, 11) is 1.78. The van der Waals surface area contributed by atoms with Crippen molar-refractivity contribution in [2.45, 2.75) is 58.1 Å². The van der Waals surface area contributed by atoms with Crippen molar-refractivity contribution in [3.8, 4) is 0 Å². The van der Waals surface area contributed by atoms with Gasteiger partial charge in [0.25, 0.3) is 0 Å². The summed E-state index contributed by atoms with van der Waals surface area (Å²) in [6, 6.07) is 0.585. The van der Waals surface area contributed by atoms with Crippen LogP contribution in [-0.2, 0) is 4.74 Å². The lowest BCUT2D eigenvalue weighted by molar-refractivity contribution is 0.107. The topological polar surface area (TPSA) is 79.9 Å². The summed E-state index contributed by atoms with van der Waals surface area (Å²) in [5, 5.41) is 15.3. The van der Waals surface area contributed by atoms with Crippen LogP contribution >= 0.6 is 0 Å². The van der Waals surface area contributed by atoms with Crippen LogP contribution in [0, 0.1) is 5.41 Å². The number of methoxy groups -OCH3 is 1. The smallest absolute Gasteiger partial charge is 0.144 e. The number of hydrogen-bond acceptors (Lipinski definition) is 4. The maximum Gasteiger partial charge on any atom is 0.144 e. The molecule has 1 fully saturated rings. The van der Waals surface area contributed by atoms with Gasteiger partial charge < -0.3 is 21.0 Å². The zero-order chi connectivity index (χ0) is 13.6. The molecular weight excluding hydrogens is 230 g/mol. The van der Waals surface area contributed by atoms with Crippen LogP contribution in [0.3, 0.4) is 0 Å². The average molecular weight is 257 g/mol. The summed E-state index contributed by atoms with van der Waals surface area (Å²) in [4.78, 5) is 0. The Hall–Kier alpha value is -0.810. The molecule has 2 unspecified atom stereocenters. The highest BCUT2D eigenvalue weighted by Crippen LogP contribution is 2.23. The van der Waals surface area contributed by atoms with Crippen molar-refractivity contribution in [3.05, 3.63) is 0 Å². The van der Waals surface area contributed by atoms with Crippen LogP contribution in [0.25, 0.3) is 0 Å². The highest BCUT2D eigenvalue weighted by atomic mass is 16.5. The van der Waals surface area contributed by atoms with E-state index in [1.54, 1.807) is 7.11 Å². The third-order valence-corrected chi connectivity index (χ3v) is 3.93. The molecule has 0 heterocycles. The molecule has 0 aromatic carbocycles. The van der Waals surface area contributed by atoms with Gasteiger partial charge >= 0.3 is 0 Å². The van der Waals surface area contributed by atoms with Crippen molar-refractivity contribution >= 4 is 5.84 Å². The number of nitrogens with two attached hydrogens (primary N) is 1. The molecule has 0 aromatic rings. The van der Waals surface area contributed by atoms with Crippen LogP contribution in [0.4, 0.5) is 0 Å². The van der Waals surface area contributed by atoms with Gasteiger partial charge in [0.15, 0.2) is 0 Å². The molecular formula is C13H27N3O2. The Morgan fingerprint density at radius 3 is 2.78 bits per heavy atom. The molecule has 4 N–H and O–H groups in total. The third-order valence-electron chi connectivity index (χ3n) is 3.93. The number of nitrogens with one attached hydrogen (secondary N) is 1. The lowest BCUT2D eigenvalue weighted by Gasteiger charge is -2.23. The van der Waals surface area contributed by atoms with E-state index < -0.39 is 0 Å². The van der Waals surface area contributed by atoms with E-state index in [-0.39, 0.29) is 5.41 Å². The van der Waals surface area contributed by atoms with Crippen molar-refractivity contribution in [1.29, 1.82) is 0 Å². The van der Waals surface area contributed by atoms with Gasteiger partial charge in [-0.15, -0.1) is 0 Å². The van der Waals surface area contributed by atoms with E-state index in [0.29, 0.717) is 18.0 Å². The molecule has 0 radical (unpaired) electrons. The van der Waals surface area contributed by atoms with Crippen molar-refractivity contribution < 1.29 is 9.94 Å². The number of rotatable bonds is 7. The van der Waals surface area contributed by atoms with E-state index >= 15 is 0 Å². The second-order valence-electron chi connectivity index (χ2n) is 5.79. The standard InChI is InChI=1S/C13H27N3O2/c1-13(2,12(14)16-17)7-4-8-15-10-5-6-11(9-10)18-3/h10-11,15,17H,4-9H2,1-3H3,(H2,14,16). The van der Waals surface area contributed by atoms with Crippen LogP contribution in [-0.4, -0.2) is 36.8 Å². The fraction of sp³-hybridized carbons (Fsp3) is 0.923. The van der Waals surface area contributed by atoms with Crippen LogP contribution < -0.4 is 11.1 Å². The monoisotopic (exact) mass is 257 g/mol. The van der Waals surface area contributed by atoms with Crippen molar-refractivity contribution in [2.75, 3.05) is 13.7 Å². The number of nitrogens with zero attached hydrogens (tertiary/aromatic N) is 1. The Bertz CT molecular complexity index is 279. The first-order valence-electron chi connectivity index (χ1n) is 6.74. The third kappa shape index (κ3) is 4.46. The average Bonchev–Trinajstić information content (AvgIpc) is 2.81. The van der Waals surface area contributed by atoms with Gasteiger partial charge in [0, 0.05) is 18.6 Å². The van der Waals surface area contributed by atoms with E-state index in [0.717, 1.165) is 32.2 Å². The maximum absolute atomic E-state index is 8.69. The predicted molar refractivity (Wildman–Crippen MR) is 72.9 cm³/mol. The van der Waals surface area contributed by atoms with Crippen molar-refractivity contribution in [1.82, 2.24) is 5.32 Å². The Balaban J connectivity index is 2.16. The molecule has 0 amide bonds. The van der Waals surface area contributed by atoms with Gasteiger partial charge in [-0.05, 0) is 38.6 Å². The van der Waals surface area contributed by atoms with E-state index in [4.69, 9.17) is 15.7 Å². The minimum atomic E-state index is -0.235. The summed E-state index contributed by atoms with van der Waals surface area (Å²) in [6.45, 7) is 4.97. The zero-order valence-electron chi connectivity index (χ0n) is 11.8. The second kappa shape index (κ2) is 6.95. The van der Waals surface area contributed by atoms with E-state index in [9.17, 15) is 0 Å². The van der Waals surface area contributed by atoms with Crippen molar-refractivity contribution in [3.63, 3.8) is 0 Å². The molecule has 1 rings (SSSR count). The van der Waals surface area contributed by atoms with Gasteiger partial charge in [-0.1, -0.05) is 19.0 Å². The summed E-state index contributed by atoms with van der Waals surface area (Å²) in [5.74, 6) is 0.308. The molecule has 0 aromatic heterocycles. The van der Waals surface area contributed by atoms with E-state index in [1.807, 2.05) is 13.8 Å². The first-order valence-corrected chi connectivity index (χ1v) is 6.74. The number of ether oxygens (including phenoxy) is 1. The Morgan fingerprint density at radius 1 is 1.50 bits per heavy atom. The van der Waals surface area contributed by atoms with E-state index in [2.05, 4.69) is 10.5 Å². The van der Waals surface area contributed by atoms with Crippen LogP contribution in [0.2, 0.25) is 0 Å². The normalized spacial score (nSPS) is 25.6. The van der Waals surface area contributed by atoms with Gasteiger partial charge in [0.05, 0.1) is 6.10 Å². The van der Waals surface area contributed by atoms with Crippen LogP contribution in [0.1, 0.15) is 46.0 Å². The fourth-order valence-corrected chi connectivity index (χ4v) is 2.44. The Morgan fingerprint density at radius 2 is 2.22 bits per heavy atom. The minimum Gasteiger partial charge on any atom is -0.409 e. The van der Waals surface area contributed by atoms with Gasteiger partial charge in [0.2, 0.25) is 0 Å². The SMILES string of the molecule is COC1CCC(NCCCC(C)(C)C(N)=NO)C1. The van der Waals surface area contributed by atoms with Crippen LogP contribution in [0.15, 0.2) is 5.16 Å². The Labute approximate surface area is 110 Å². The molecule has 5 heteroatoms. The lowest BCUT2D eigenvalue weighted by atomic mass is 9.86. The van der Waals surface area contributed by atoms with Gasteiger partial charge in [0.1, 0.15) is 5.84 Å². The molecule has 0 saturated heterocycles. The van der Waals surface area contributed by atoms with Gasteiger partial charge in [-0.3, -0.25) is 0 Å². The highest BCUT2D eigenvalue weighted by Gasteiger charge is 2.25. The quantitative estimate of drug-likeness (QED) is 0.213. The lowest BCUT2D eigenvalue weighted by Crippen LogP contribution is -2.34. The molecule has 0 bridgehead atoms. The Kier molecular flexibility index (Phi) is 5.88. The van der Waals surface area contributed by atoms with Crippen molar-refractivity contribution in [2.24, 2.45) is 16.3 Å². The molecule has 106 valence electrons. The molecule has 2 atom stereocenters. The summed E-state index contributed by atoms with van der Waals surface area (Å²) < 4.78 is 5.35.